The zero-order valence-corrected chi connectivity index (χ0v) is 14.9. The molecule has 1 saturated heterocycles. The highest BCUT2D eigenvalue weighted by Gasteiger charge is 2.34. The summed E-state index contributed by atoms with van der Waals surface area (Å²) in [5.41, 5.74) is 3.22. The van der Waals surface area contributed by atoms with Crippen molar-refractivity contribution in [2.75, 3.05) is 6.54 Å². The average Bonchev–Trinajstić information content (AvgIpc) is 2.96. The Morgan fingerprint density at radius 2 is 1.96 bits per heavy atom. The number of hydrogen-bond acceptors (Lipinski definition) is 2. The van der Waals surface area contributed by atoms with Crippen molar-refractivity contribution in [3.8, 4) is 0 Å². The van der Waals surface area contributed by atoms with Crippen molar-refractivity contribution in [2.24, 2.45) is 5.92 Å². The van der Waals surface area contributed by atoms with Crippen LogP contribution in [-0.2, 0) is 22.7 Å². The molecule has 130 valence electrons. The Balaban J connectivity index is 1.54. The molecule has 4 nitrogen and oxygen atoms in total. The second-order valence-corrected chi connectivity index (χ2v) is 6.95. The Morgan fingerprint density at radius 1 is 1.20 bits per heavy atom. The van der Waals surface area contributed by atoms with E-state index in [4.69, 9.17) is 11.6 Å². The standard InChI is InChI=1S/C20H21ClN2O2/c1-14-5-7-15(8-6-14)12-23-13-17(10-19(23)24)20(25)22-11-16-3-2-4-18(21)9-16/h2-9,17H,10-13H2,1H3,(H,22,25). The molecule has 0 bridgehead atoms. The van der Waals surface area contributed by atoms with Gasteiger partial charge in [0.05, 0.1) is 5.92 Å². The highest BCUT2D eigenvalue weighted by atomic mass is 35.5. The van der Waals surface area contributed by atoms with Crippen molar-refractivity contribution in [1.82, 2.24) is 10.2 Å². The second-order valence-electron chi connectivity index (χ2n) is 6.51. The average molecular weight is 357 g/mol. The number of hydrogen-bond donors (Lipinski definition) is 1. The van der Waals surface area contributed by atoms with E-state index in [1.165, 1.54) is 5.56 Å². The second kappa shape index (κ2) is 7.70. The molecule has 1 aliphatic rings. The summed E-state index contributed by atoms with van der Waals surface area (Å²) in [5, 5.41) is 3.55. The summed E-state index contributed by atoms with van der Waals surface area (Å²) in [5.74, 6) is -0.347. The number of nitrogens with zero attached hydrogens (tertiary/aromatic N) is 1. The molecule has 0 aromatic heterocycles. The summed E-state index contributed by atoms with van der Waals surface area (Å²) in [6.07, 6.45) is 0.271. The minimum absolute atomic E-state index is 0.0310. The summed E-state index contributed by atoms with van der Waals surface area (Å²) in [7, 11) is 0. The molecular weight excluding hydrogens is 336 g/mol. The summed E-state index contributed by atoms with van der Waals surface area (Å²) < 4.78 is 0. The van der Waals surface area contributed by atoms with Gasteiger partial charge in [-0.05, 0) is 30.2 Å². The van der Waals surface area contributed by atoms with Crippen molar-refractivity contribution in [3.63, 3.8) is 0 Å². The predicted octanol–water partition coefficient (Wildman–Crippen LogP) is 3.31. The molecule has 1 unspecified atom stereocenters. The number of halogens is 1. The van der Waals surface area contributed by atoms with Gasteiger partial charge in [0, 0.05) is 31.1 Å². The Labute approximate surface area is 152 Å². The molecule has 2 aromatic carbocycles. The monoisotopic (exact) mass is 356 g/mol. The van der Waals surface area contributed by atoms with Crippen LogP contribution in [0, 0.1) is 12.8 Å². The number of carbonyl (C=O) groups is 2. The van der Waals surface area contributed by atoms with Crippen molar-refractivity contribution >= 4 is 23.4 Å². The van der Waals surface area contributed by atoms with Crippen LogP contribution in [0.25, 0.3) is 0 Å². The van der Waals surface area contributed by atoms with E-state index in [1.807, 2.05) is 49.4 Å². The number of aryl methyl sites for hydroxylation is 1. The van der Waals surface area contributed by atoms with Gasteiger partial charge in [0.25, 0.3) is 0 Å². The van der Waals surface area contributed by atoms with Crippen molar-refractivity contribution in [3.05, 3.63) is 70.2 Å². The summed E-state index contributed by atoms with van der Waals surface area (Å²) in [6, 6.07) is 15.5. The molecule has 1 fully saturated rings. The van der Waals surface area contributed by atoms with Crippen LogP contribution < -0.4 is 5.32 Å². The lowest BCUT2D eigenvalue weighted by Crippen LogP contribution is -2.32. The number of amides is 2. The third kappa shape index (κ3) is 4.60. The highest BCUT2D eigenvalue weighted by Crippen LogP contribution is 2.21. The number of rotatable bonds is 5. The molecule has 0 aliphatic carbocycles. The lowest BCUT2D eigenvalue weighted by molar-refractivity contribution is -0.129. The van der Waals surface area contributed by atoms with Crippen LogP contribution >= 0.6 is 11.6 Å². The van der Waals surface area contributed by atoms with Crippen molar-refractivity contribution in [1.29, 1.82) is 0 Å². The highest BCUT2D eigenvalue weighted by molar-refractivity contribution is 6.30. The van der Waals surface area contributed by atoms with E-state index in [9.17, 15) is 9.59 Å². The van der Waals surface area contributed by atoms with Gasteiger partial charge in [-0.3, -0.25) is 9.59 Å². The molecule has 1 aliphatic heterocycles. The fourth-order valence-electron chi connectivity index (χ4n) is 2.99. The number of likely N-dealkylation sites (tertiary alicyclic amines) is 1. The molecule has 1 N–H and O–H groups in total. The molecular formula is C20H21ClN2O2. The van der Waals surface area contributed by atoms with Gasteiger partial charge in [-0.1, -0.05) is 53.6 Å². The molecule has 25 heavy (non-hydrogen) atoms. The first-order valence-electron chi connectivity index (χ1n) is 8.37. The first-order chi connectivity index (χ1) is 12.0. The van der Waals surface area contributed by atoms with Gasteiger partial charge in [0.2, 0.25) is 11.8 Å². The Bertz CT molecular complexity index is 774. The lowest BCUT2D eigenvalue weighted by atomic mass is 10.1. The fourth-order valence-corrected chi connectivity index (χ4v) is 3.21. The van der Waals surface area contributed by atoms with Crippen LogP contribution in [0.5, 0.6) is 0 Å². The zero-order valence-electron chi connectivity index (χ0n) is 14.2. The predicted molar refractivity (Wildman–Crippen MR) is 98.0 cm³/mol. The normalized spacial score (nSPS) is 17.0. The van der Waals surface area contributed by atoms with E-state index >= 15 is 0 Å². The lowest BCUT2D eigenvalue weighted by Gasteiger charge is -2.17. The first-order valence-corrected chi connectivity index (χ1v) is 8.74. The van der Waals surface area contributed by atoms with Gasteiger partial charge < -0.3 is 10.2 Å². The summed E-state index contributed by atoms with van der Waals surface area (Å²) in [6.45, 7) is 3.47. The molecule has 0 spiro atoms. The third-order valence-corrected chi connectivity index (χ3v) is 4.67. The van der Waals surface area contributed by atoms with Crippen LogP contribution in [0.15, 0.2) is 48.5 Å². The van der Waals surface area contributed by atoms with Gasteiger partial charge in [-0.15, -0.1) is 0 Å². The number of benzene rings is 2. The van der Waals surface area contributed by atoms with E-state index in [0.29, 0.717) is 24.7 Å². The zero-order chi connectivity index (χ0) is 17.8. The maximum atomic E-state index is 12.4. The maximum absolute atomic E-state index is 12.4. The Hall–Kier alpha value is -2.33. The van der Waals surface area contributed by atoms with Crippen LogP contribution in [-0.4, -0.2) is 23.3 Å². The number of nitrogens with one attached hydrogen (secondary N) is 1. The number of carbonyl (C=O) groups excluding carboxylic acids is 2. The maximum Gasteiger partial charge on any atom is 0.225 e. The minimum Gasteiger partial charge on any atom is -0.352 e. The SMILES string of the molecule is Cc1ccc(CN2CC(C(=O)NCc3cccc(Cl)c3)CC2=O)cc1. The first kappa shape index (κ1) is 17.5. The van der Waals surface area contributed by atoms with Gasteiger partial charge >= 0.3 is 0 Å². The minimum atomic E-state index is -0.294. The van der Waals surface area contributed by atoms with Crippen molar-refractivity contribution in [2.45, 2.75) is 26.4 Å². The summed E-state index contributed by atoms with van der Waals surface area (Å²) >= 11 is 5.95. The molecule has 0 radical (unpaired) electrons. The quantitative estimate of drug-likeness (QED) is 0.893. The van der Waals surface area contributed by atoms with Gasteiger partial charge in [0.1, 0.15) is 0 Å². The van der Waals surface area contributed by atoms with E-state index in [0.717, 1.165) is 11.1 Å². The molecule has 1 heterocycles. The topological polar surface area (TPSA) is 49.4 Å². The molecule has 2 amide bonds. The molecule has 2 aromatic rings. The molecule has 0 saturated carbocycles. The van der Waals surface area contributed by atoms with Crippen LogP contribution in [0.4, 0.5) is 0 Å². The molecule has 3 rings (SSSR count). The van der Waals surface area contributed by atoms with Gasteiger partial charge in [-0.25, -0.2) is 0 Å². The Morgan fingerprint density at radius 3 is 2.68 bits per heavy atom. The van der Waals surface area contributed by atoms with Gasteiger partial charge in [0.15, 0.2) is 0 Å². The third-order valence-electron chi connectivity index (χ3n) is 4.44. The molecule has 5 heteroatoms. The van der Waals surface area contributed by atoms with Crippen LogP contribution in [0.1, 0.15) is 23.1 Å². The van der Waals surface area contributed by atoms with Crippen LogP contribution in [0.3, 0.4) is 0 Å². The van der Waals surface area contributed by atoms with Gasteiger partial charge in [-0.2, -0.15) is 0 Å². The van der Waals surface area contributed by atoms with E-state index in [-0.39, 0.29) is 24.2 Å². The molecule has 1 atom stereocenters. The van der Waals surface area contributed by atoms with E-state index in [2.05, 4.69) is 5.32 Å². The van der Waals surface area contributed by atoms with Crippen molar-refractivity contribution < 1.29 is 9.59 Å². The summed E-state index contributed by atoms with van der Waals surface area (Å²) in [4.78, 5) is 26.3. The van der Waals surface area contributed by atoms with E-state index in [1.54, 1.807) is 11.0 Å². The van der Waals surface area contributed by atoms with Crippen LogP contribution in [0.2, 0.25) is 5.02 Å². The smallest absolute Gasteiger partial charge is 0.225 e. The largest absolute Gasteiger partial charge is 0.352 e. The Kier molecular flexibility index (Phi) is 5.39. The fraction of sp³-hybridized carbons (Fsp3) is 0.300. The van der Waals surface area contributed by atoms with E-state index < -0.39 is 0 Å².